The number of aldehydes is 1. The molecule has 0 aliphatic carbocycles. The van der Waals surface area contributed by atoms with Gasteiger partial charge in [-0.2, -0.15) is 0 Å². The molecule has 92 valence electrons. The predicted octanol–water partition coefficient (Wildman–Crippen LogP) is 1.76. The Hall–Kier alpha value is -2.05. The first-order chi connectivity index (χ1) is 7.85. The molecular weight excluding hydrogens is 239 g/mol. The molecule has 0 unspecified atom stereocenters. The zero-order chi connectivity index (χ0) is 13.1. The summed E-state index contributed by atoms with van der Waals surface area (Å²) in [6.45, 7) is 0. The van der Waals surface area contributed by atoms with Crippen LogP contribution in [0.4, 0.5) is 13.2 Å². The van der Waals surface area contributed by atoms with Crippen LogP contribution in [0.5, 0.6) is 5.75 Å². The van der Waals surface area contributed by atoms with E-state index in [1.807, 2.05) is 0 Å². The molecule has 4 nitrogen and oxygen atoms in total. The van der Waals surface area contributed by atoms with Crippen molar-refractivity contribution in [1.29, 1.82) is 0 Å². The maximum absolute atomic E-state index is 12.0. The normalized spacial score (nSPS) is 10.8. The summed E-state index contributed by atoms with van der Waals surface area (Å²) >= 11 is 0. The van der Waals surface area contributed by atoms with Gasteiger partial charge in [0.2, 0.25) is 0 Å². The SMILES string of the molecule is CNC(=O)c1cc(C=O)cc(OC(F)(F)F)c1. The summed E-state index contributed by atoms with van der Waals surface area (Å²) in [5.74, 6) is -1.22. The maximum atomic E-state index is 12.0. The molecule has 1 rings (SSSR count). The van der Waals surface area contributed by atoms with E-state index in [-0.39, 0.29) is 11.1 Å². The Morgan fingerprint density at radius 3 is 2.47 bits per heavy atom. The van der Waals surface area contributed by atoms with E-state index >= 15 is 0 Å². The van der Waals surface area contributed by atoms with Gasteiger partial charge in [-0.25, -0.2) is 0 Å². The van der Waals surface area contributed by atoms with Crippen LogP contribution in [0.25, 0.3) is 0 Å². The monoisotopic (exact) mass is 247 g/mol. The first-order valence-electron chi connectivity index (χ1n) is 4.44. The second-order valence-electron chi connectivity index (χ2n) is 3.04. The van der Waals surface area contributed by atoms with Gasteiger partial charge in [0.05, 0.1) is 0 Å². The van der Waals surface area contributed by atoms with Gasteiger partial charge in [-0.3, -0.25) is 9.59 Å². The van der Waals surface area contributed by atoms with Crippen LogP contribution in [0.3, 0.4) is 0 Å². The highest BCUT2D eigenvalue weighted by molar-refractivity contribution is 5.96. The van der Waals surface area contributed by atoms with Gasteiger partial charge in [0.25, 0.3) is 5.91 Å². The number of ether oxygens (including phenoxy) is 1. The Kier molecular flexibility index (Phi) is 3.72. The number of nitrogens with one attached hydrogen (secondary N) is 1. The van der Waals surface area contributed by atoms with Gasteiger partial charge in [0.1, 0.15) is 12.0 Å². The number of amides is 1. The summed E-state index contributed by atoms with van der Waals surface area (Å²) in [5, 5.41) is 2.23. The fourth-order valence-corrected chi connectivity index (χ4v) is 1.16. The van der Waals surface area contributed by atoms with E-state index in [4.69, 9.17) is 0 Å². The molecule has 0 radical (unpaired) electrons. The van der Waals surface area contributed by atoms with Crippen LogP contribution in [0.1, 0.15) is 20.7 Å². The van der Waals surface area contributed by atoms with E-state index in [9.17, 15) is 22.8 Å². The number of benzene rings is 1. The first kappa shape index (κ1) is 13.0. The summed E-state index contributed by atoms with van der Waals surface area (Å²) < 4.78 is 39.6. The number of carbonyl (C=O) groups is 2. The van der Waals surface area contributed by atoms with Crippen molar-refractivity contribution < 1.29 is 27.5 Å². The molecule has 1 aromatic rings. The van der Waals surface area contributed by atoms with Crippen LogP contribution in [0, 0.1) is 0 Å². The second-order valence-corrected chi connectivity index (χ2v) is 3.04. The molecule has 17 heavy (non-hydrogen) atoms. The summed E-state index contributed by atoms with van der Waals surface area (Å²) in [5.41, 5.74) is -0.165. The average Bonchev–Trinajstić information content (AvgIpc) is 2.25. The molecule has 0 atom stereocenters. The Morgan fingerprint density at radius 2 is 2.00 bits per heavy atom. The van der Waals surface area contributed by atoms with Crippen molar-refractivity contribution in [1.82, 2.24) is 5.32 Å². The molecular formula is C10H8F3NO3. The summed E-state index contributed by atoms with van der Waals surface area (Å²) in [6, 6.07) is 2.96. The lowest BCUT2D eigenvalue weighted by Crippen LogP contribution is -2.20. The molecule has 0 aliphatic rings. The van der Waals surface area contributed by atoms with E-state index in [1.165, 1.54) is 7.05 Å². The third-order valence-corrected chi connectivity index (χ3v) is 1.79. The molecule has 0 heterocycles. The van der Waals surface area contributed by atoms with Crippen molar-refractivity contribution in [3.05, 3.63) is 29.3 Å². The highest BCUT2D eigenvalue weighted by Crippen LogP contribution is 2.24. The van der Waals surface area contributed by atoms with Crippen LogP contribution < -0.4 is 10.1 Å². The first-order valence-corrected chi connectivity index (χ1v) is 4.44. The summed E-state index contributed by atoms with van der Waals surface area (Å²) in [4.78, 5) is 21.8. The molecule has 0 saturated carbocycles. The van der Waals surface area contributed by atoms with E-state index in [0.717, 1.165) is 18.2 Å². The zero-order valence-electron chi connectivity index (χ0n) is 8.67. The van der Waals surface area contributed by atoms with E-state index < -0.39 is 18.0 Å². The maximum Gasteiger partial charge on any atom is 0.573 e. The van der Waals surface area contributed by atoms with Gasteiger partial charge in [-0.15, -0.1) is 13.2 Å². The molecule has 0 aliphatic heterocycles. The third kappa shape index (κ3) is 3.78. The second kappa shape index (κ2) is 4.86. The van der Waals surface area contributed by atoms with Gasteiger partial charge in [0, 0.05) is 18.2 Å². The largest absolute Gasteiger partial charge is 0.573 e. The quantitative estimate of drug-likeness (QED) is 0.828. The van der Waals surface area contributed by atoms with E-state index in [0.29, 0.717) is 6.29 Å². The number of alkyl halides is 3. The number of hydrogen-bond donors (Lipinski definition) is 1. The van der Waals surface area contributed by atoms with Crippen LogP contribution in [0.2, 0.25) is 0 Å². The number of hydrogen-bond acceptors (Lipinski definition) is 3. The zero-order valence-corrected chi connectivity index (χ0v) is 8.67. The van der Waals surface area contributed by atoms with E-state index in [2.05, 4.69) is 10.1 Å². The lowest BCUT2D eigenvalue weighted by Gasteiger charge is -2.10. The minimum atomic E-state index is -4.87. The smallest absolute Gasteiger partial charge is 0.406 e. The number of carbonyl (C=O) groups excluding carboxylic acids is 2. The van der Waals surface area contributed by atoms with Crippen LogP contribution in [0.15, 0.2) is 18.2 Å². The Bertz CT molecular complexity index is 443. The molecule has 0 aromatic heterocycles. The molecule has 1 aromatic carbocycles. The van der Waals surface area contributed by atoms with Crippen molar-refractivity contribution >= 4 is 12.2 Å². The van der Waals surface area contributed by atoms with Crippen molar-refractivity contribution in [2.45, 2.75) is 6.36 Å². The highest BCUT2D eigenvalue weighted by atomic mass is 19.4. The lowest BCUT2D eigenvalue weighted by atomic mass is 10.1. The molecule has 0 saturated heterocycles. The Morgan fingerprint density at radius 1 is 1.35 bits per heavy atom. The minimum Gasteiger partial charge on any atom is -0.406 e. The number of rotatable bonds is 3. The standard InChI is InChI=1S/C10H8F3NO3/c1-14-9(16)7-2-6(5-15)3-8(4-7)17-10(11,12)13/h2-5H,1H3,(H,14,16). The Labute approximate surface area is 94.4 Å². The predicted molar refractivity (Wildman–Crippen MR) is 51.9 cm³/mol. The van der Waals surface area contributed by atoms with E-state index in [1.54, 1.807) is 0 Å². The van der Waals surface area contributed by atoms with Crippen LogP contribution in [-0.4, -0.2) is 25.6 Å². The van der Waals surface area contributed by atoms with Gasteiger partial charge in [-0.1, -0.05) is 0 Å². The molecule has 1 amide bonds. The topological polar surface area (TPSA) is 55.4 Å². The fourth-order valence-electron chi connectivity index (χ4n) is 1.16. The summed E-state index contributed by atoms with van der Waals surface area (Å²) in [7, 11) is 1.32. The minimum absolute atomic E-state index is 0.0784. The number of halogens is 3. The van der Waals surface area contributed by atoms with Gasteiger partial charge in [-0.05, 0) is 18.2 Å². The molecule has 0 spiro atoms. The Balaban J connectivity index is 3.14. The fraction of sp³-hybridized carbons (Fsp3) is 0.200. The van der Waals surface area contributed by atoms with Gasteiger partial charge < -0.3 is 10.1 Å². The molecule has 0 bridgehead atoms. The lowest BCUT2D eigenvalue weighted by molar-refractivity contribution is -0.274. The third-order valence-electron chi connectivity index (χ3n) is 1.79. The van der Waals surface area contributed by atoms with Crippen LogP contribution >= 0.6 is 0 Å². The molecule has 0 fully saturated rings. The highest BCUT2D eigenvalue weighted by Gasteiger charge is 2.31. The van der Waals surface area contributed by atoms with Crippen molar-refractivity contribution in [3.8, 4) is 5.75 Å². The van der Waals surface area contributed by atoms with Crippen molar-refractivity contribution in [3.63, 3.8) is 0 Å². The summed E-state index contributed by atoms with van der Waals surface area (Å²) in [6.07, 6.45) is -4.54. The van der Waals surface area contributed by atoms with Crippen LogP contribution in [-0.2, 0) is 0 Å². The molecule has 1 N–H and O–H groups in total. The van der Waals surface area contributed by atoms with Crippen molar-refractivity contribution in [2.75, 3.05) is 7.05 Å². The average molecular weight is 247 g/mol. The van der Waals surface area contributed by atoms with Crippen molar-refractivity contribution in [2.24, 2.45) is 0 Å². The van der Waals surface area contributed by atoms with Gasteiger partial charge in [0.15, 0.2) is 0 Å². The van der Waals surface area contributed by atoms with Gasteiger partial charge >= 0.3 is 6.36 Å². The molecule has 7 heteroatoms.